The summed E-state index contributed by atoms with van der Waals surface area (Å²) in [7, 11) is 0. The molecule has 4 fully saturated rings. The molecule has 2 amide bonds. The number of hydrogen-bond acceptors (Lipinski definition) is 14. The molecule has 2 atom stereocenters. The Kier molecular flexibility index (Phi) is 14.1. The van der Waals surface area contributed by atoms with E-state index in [4.69, 9.17) is 37.9 Å². The second-order valence-electron chi connectivity index (χ2n) is 11.5. The summed E-state index contributed by atoms with van der Waals surface area (Å²) in [6.45, 7) is 1.59. The van der Waals surface area contributed by atoms with E-state index in [0.717, 1.165) is 0 Å². The molecule has 258 valence electrons. The van der Waals surface area contributed by atoms with E-state index in [1.165, 1.54) is 9.80 Å². The SMILES string of the molecule is O=C(OCOC(=O)[C@@H]1CCCN1C(=O)CCCCC(=O)N1CCC[C@H]1C(=O)OCOC(=O)OC1CCOCC1)OC1CCOCC1. The smallest absolute Gasteiger partial charge is 0.431 e. The molecule has 16 nitrogen and oxygen atoms in total. The van der Waals surface area contributed by atoms with Crippen molar-refractivity contribution >= 4 is 36.1 Å². The minimum absolute atomic E-state index is 0.137. The molecule has 0 aromatic rings. The number of ether oxygens (including phenoxy) is 8. The average Bonchev–Trinajstić information content (AvgIpc) is 3.75. The third kappa shape index (κ3) is 11.0. The molecule has 16 heteroatoms. The molecule has 0 saturated carbocycles. The zero-order chi connectivity index (χ0) is 32.7. The fraction of sp³-hybridized carbons (Fsp3) is 0.800. The van der Waals surface area contributed by atoms with E-state index in [0.29, 0.717) is 104 Å². The highest BCUT2D eigenvalue weighted by atomic mass is 16.8. The number of likely N-dealkylation sites (tertiary alicyclic amines) is 2. The number of unbranched alkanes of at least 4 members (excludes halogenated alkanes) is 1. The van der Waals surface area contributed by atoms with Crippen LogP contribution in [0.25, 0.3) is 0 Å². The standard InChI is InChI=1S/C30H44N2O14/c33-25(31-13-3-5-23(31)27(35)41-19-43-29(37)45-21-9-15-39-16-10-21)7-1-2-8-26(34)32-14-4-6-24(32)28(36)42-20-44-30(38)46-22-11-17-40-18-12-22/h21-24H,1-20H2/t23-,24-/m0/s1. The van der Waals surface area contributed by atoms with Gasteiger partial charge >= 0.3 is 24.2 Å². The van der Waals surface area contributed by atoms with Crippen molar-refractivity contribution in [2.24, 2.45) is 0 Å². The van der Waals surface area contributed by atoms with Crippen LogP contribution in [0.15, 0.2) is 0 Å². The Morgan fingerprint density at radius 3 is 1.33 bits per heavy atom. The first kappa shape index (κ1) is 35.2. The lowest BCUT2D eigenvalue weighted by Crippen LogP contribution is -2.42. The molecule has 0 N–H and O–H groups in total. The van der Waals surface area contributed by atoms with Crippen LogP contribution in [-0.2, 0) is 57.1 Å². The first-order valence-electron chi connectivity index (χ1n) is 16.1. The largest absolute Gasteiger partial charge is 0.511 e. The van der Waals surface area contributed by atoms with Gasteiger partial charge in [0.2, 0.25) is 25.4 Å². The molecule has 0 aromatic heterocycles. The van der Waals surface area contributed by atoms with Crippen LogP contribution in [-0.4, -0.2) is 123 Å². The fourth-order valence-corrected chi connectivity index (χ4v) is 5.85. The number of rotatable bonds is 13. The second kappa shape index (κ2) is 18.5. The molecule has 4 rings (SSSR count). The second-order valence-corrected chi connectivity index (χ2v) is 11.5. The topological polar surface area (TPSA) is 183 Å². The first-order valence-corrected chi connectivity index (χ1v) is 16.1. The van der Waals surface area contributed by atoms with Crippen molar-refractivity contribution < 1.29 is 66.7 Å². The molecule has 0 bridgehead atoms. The highest BCUT2D eigenvalue weighted by molar-refractivity contribution is 5.86. The summed E-state index contributed by atoms with van der Waals surface area (Å²) in [5, 5.41) is 0. The van der Waals surface area contributed by atoms with Crippen molar-refractivity contribution in [2.75, 3.05) is 53.1 Å². The van der Waals surface area contributed by atoms with Gasteiger partial charge in [-0.25, -0.2) is 19.2 Å². The van der Waals surface area contributed by atoms with Crippen LogP contribution in [0.2, 0.25) is 0 Å². The zero-order valence-electron chi connectivity index (χ0n) is 26.1. The molecular weight excluding hydrogens is 612 g/mol. The lowest BCUT2D eigenvalue weighted by atomic mass is 10.1. The number of amides is 2. The van der Waals surface area contributed by atoms with Gasteiger partial charge < -0.3 is 47.7 Å². The van der Waals surface area contributed by atoms with E-state index in [9.17, 15) is 28.8 Å². The maximum absolute atomic E-state index is 12.9. The lowest BCUT2D eigenvalue weighted by Gasteiger charge is -2.24. The van der Waals surface area contributed by atoms with Gasteiger partial charge in [-0.15, -0.1) is 0 Å². The molecule has 0 radical (unpaired) electrons. The maximum Gasteiger partial charge on any atom is 0.511 e. The summed E-state index contributed by atoms with van der Waals surface area (Å²) in [6.07, 6.45) is 3.07. The van der Waals surface area contributed by atoms with Gasteiger partial charge in [-0.3, -0.25) is 9.59 Å². The number of hydrogen-bond donors (Lipinski definition) is 0. The van der Waals surface area contributed by atoms with Gasteiger partial charge in [-0.1, -0.05) is 0 Å². The number of esters is 2. The molecule has 0 aliphatic carbocycles. The van der Waals surface area contributed by atoms with Crippen molar-refractivity contribution in [3.8, 4) is 0 Å². The Morgan fingerprint density at radius 1 is 0.543 bits per heavy atom. The van der Waals surface area contributed by atoms with E-state index in [2.05, 4.69) is 0 Å². The van der Waals surface area contributed by atoms with Crippen molar-refractivity contribution in [1.29, 1.82) is 0 Å². The first-order chi connectivity index (χ1) is 22.3. The minimum Gasteiger partial charge on any atom is -0.431 e. The molecule has 0 unspecified atom stereocenters. The number of nitrogens with zero attached hydrogens (tertiary/aromatic N) is 2. The summed E-state index contributed by atoms with van der Waals surface area (Å²) < 4.78 is 40.6. The Bertz CT molecular complexity index is 976. The third-order valence-electron chi connectivity index (χ3n) is 8.34. The van der Waals surface area contributed by atoms with Gasteiger partial charge in [-0.05, 0) is 38.5 Å². The molecule has 4 saturated heterocycles. The highest BCUT2D eigenvalue weighted by Gasteiger charge is 2.37. The summed E-state index contributed by atoms with van der Waals surface area (Å²) >= 11 is 0. The van der Waals surface area contributed by atoms with E-state index >= 15 is 0 Å². The van der Waals surface area contributed by atoms with Crippen LogP contribution in [0.1, 0.15) is 77.0 Å². The van der Waals surface area contributed by atoms with Crippen LogP contribution < -0.4 is 0 Å². The van der Waals surface area contributed by atoms with Gasteiger partial charge in [0.1, 0.15) is 24.3 Å². The molecule has 4 aliphatic heterocycles. The molecular formula is C30H44N2O14. The Morgan fingerprint density at radius 2 is 0.935 bits per heavy atom. The number of carbonyl (C=O) groups excluding carboxylic acids is 6. The van der Waals surface area contributed by atoms with Gasteiger partial charge in [0, 0.05) is 51.6 Å². The molecule has 46 heavy (non-hydrogen) atoms. The Labute approximate surface area is 267 Å². The third-order valence-corrected chi connectivity index (χ3v) is 8.34. The van der Waals surface area contributed by atoms with E-state index in [1.54, 1.807) is 0 Å². The van der Waals surface area contributed by atoms with E-state index in [1.807, 2.05) is 0 Å². The predicted molar refractivity (Wildman–Crippen MR) is 153 cm³/mol. The van der Waals surface area contributed by atoms with Crippen LogP contribution in [0.3, 0.4) is 0 Å². The molecule has 0 spiro atoms. The summed E-state index contributed by atoms with van der Waals surface area (Å²) in [4.78, 5) is 77.4. The summed E-state index contributed by atoms with van der Waals surface area (Å²) in [5.41, 5.74) is 0. The van der Waals surface area contributed by atoms with Crippen LogP contribution in [0.5, 0.6) is 0 Å². The normalized spacial score (nSPS) is 22.2. The van der Waals surface area contributed by atoms with Gasteiger partial charge in [0.25, 0.3) is 0 Å². The Balaban J connectivity index is 1.08. The Hall–Kier alpha value is -3.66. The van der Waals surface area contributed by atoms with Crippen molar-refractivity contribution in [2.45, 2.75) is 101 Å². The van der Waals surface area contributed by atoms with Crippen LogP contribution in [0.4, 0.5) is 9.59 Å². The monoisotopic (exact) mass is 656 g/mol. The minimum atomic E-state index is -0.928. The fourth-order valence-electron chi connectivity index (χ4n) is 5.85. The molecule has 4 aliphatic rings. The quantitative estimate of drug-likeness (QED) is 0.122. The maximum atomic E-state index is 12.9. The molecule has 0 aromatic carbocycles. The zero-order valence-corrected chi connectivity index (χ0v) is 26.1. The van der Waals surface area contributed by atoms with Crippen LogP contribution in [0, 0.1) is 0 Å². The van der Waals surface area contributed by atoms with Crippen LogP contribution >= 0.6 is 0 Å². The van der Waals surface area contributed by atoms with Crippen molar-refractivity contribution in [3.05, 3.63) is 0 Å². The lowest BCUT2D eigenvalue weighted by molar-refractivity contribution is -0.163. The van der Waals surface area contributed by atoms with Gasteiger partial charge in [0.15, 0.2) is 0 Å². The van der Waals surface area contributed by atoms with E-state index in [-0.39, 0.29) is 36.9 Å². The van der Waals surface area contributed by atoms with Gasteiger partial charge in [-0.2, -0.15) is 0 Å². The highest BCUT2D eigenvalue weighted by Crippen LogP contribution is 2.23. The van der Waals surface area contributed by atoms with Crippen molar-refractivity contribution in [3.63, 3.8) is 0 Å². The number of carbonyl (C=O) groups is 6. The molecule has 4 heterocycles. The van der Waals surface area contributed by atoms with Gasteiger partial charge in [0.05, 0.1) is 26.4 Å². The predicted octanol–water partition coefficient (Wildman–Crippen LogP) is 2.19. The summed E-state index contributed by atoms with van der Waals surface area (Å²) in [5.74, 6) is -1.78. The van der Waals surface area contributed by atoms with Crippen molar-refractivity contribution in [1.82, 2.24) is 9.80 Å². The summed E-state index contributed by atoms with van der Waals surface area (Å²) in [6, 6.07) is -1.54. The average molecular weight is 657 g/mol. The van der Waals surface area contributed by atoms with E-state index < -0.39 is 49.9 Å².